The van der Waals surface area contributed by atoms with E-state index in [-0.39, 0.29) is 0 Å². The summed E-state index contributed by atoms with van der Waals surface area (Å²) in [6.07, 6.45) is 2.60. The summed E-state index contributed by atoms with van der Waals surface area (Å²) in [5.74, 6) is -1.06. The van der Waals surface area contributed by atoms with E-state index in [1.54, 1.807) is 6.08 Å². The fraction of sp³-hybridized carbons (Fsp3) is 0.333. The molecule has 0 heterocycles. The van der Waals surface area contributed by atoms with Crippen molar-refractivity contribution in [2.75, 3.05) is 13.6 Å². The van der Waals surface area contributed by atoms with Gasteiger partial charge in [0.2, 0.25) is 0 Å². The number of rotatable bonds is 4. The van der Waals surface area contributed by atoms with Gasteiger partial charge >= 0.3 is 0 Å². The van der Waals surface area contributed by atoms with Crippen LogP contribution in [0.4, 0.5) is 8.78 Å². The Morgan fingerprint density at radius 2 is 2.13 bits per heavy atom. The molecule has 0 radical (unpaired) electrons. The first-order chi connectivity index (χ1) is 7.17. The maximum absolute atomic E-state index is 13.3. The Balaban J connectivity index is 2.95. The maximum atomic E-state index is 13.3. The average Bonchev–Trinajstić information content (AvgIpc) is 2.21. The van der Waals surface area contributed by atoms with Gasteiger partial charge in [0.25, 0.3) is 0 Å². The summed E-state index contributed by atoms with van der Waals surface area (Å²) < 4.78 is 25.9. The molecule has 0 aliphatic carbocycles. The van der Waals surface area contributed by atoms with E-state index in [4.69, 9.17) is 0 Å². The quantitative estimate of drug-likeness (QED) is 0.807. The van der Waals surface area contributed by atoms with Gasteiger partial charge < -0.3 is 5.32 Å². The van der Waals surface area contributed by atoms with Crippen LogP contribution in [0.15, 0.2) is 23.8 Å². The Kier molecular flexibility index (Phi) is 4.43. The second-order valence-electron chi connectivity index (χ2n) is 3.35. The molecule has 82 valence electrons. The number of benzene rings is 1. The fourth-order valence-corrected chi connectivity index (χ4v) is 1.34. The molecule has 1 N–H and O–H groups in total. The van der Waals surface area contributed by atoms with Gasteiger partial charge in [0, 0.05) is 18.2 Å². The summed E-state index contributed by atoms with van der Waals surface area (Å²) in [5, 5.41) is 3.00. The zero-order chi connectivity index (χ0) is 11.3. The monoisotopic (exact) mass is 211 g/mol. The van der Waals surface area contributed by atoms with Crippen molar-refractivity contribution in [3.8, 4) is 0 Å². The predicted octanol–water partition coefficient (Wildman–Crippen LogP) is 2.98. The van der Waals surface area contributed by atoms with Crippen molar-refractivity contribution in [2.45, 2.75) is 13.3 Å². The zero-order valence-electron chi connectivity index (χ0n) is 8.98. The highest BCUT2D eigenvalue weighted by Gasteiger charge is 2.02. The lowest BCUT2D eigenvalue weighted by Crippen LogP contribution is -2.09. The van der Waals surface area contributed by atoms with E-state index in [1.807, 2.05) is 14.0 Å². The van der Waals surface area contributed by atoms with Crippen molar-refractivity contribution in [3.63, 3.8) is 0 Å². The lowest BCUT2D eigenvalue weighted by molar-refractivity contribution is 0.581. The van der Waals surface area contributed by atoms with Gasteiger partial charge in [-0.25, -0.2) is 8.78 Å². The number of likely N-dealkylation sites (N-methyl/N-ethyl adjacent to an activating group) is 1. The first kappa shape index (κ1) is 11.9. The molecule has 0 saturated heterocycles. The molecule has 3 heteroatoms. The predicted molar refractivity (Wildman–Crippen MR) is 58.6 cm³/mol. The van der Waals surface area contributed by atoms with Crippen LogP contribution < -0.4 is 5.32 Å². The molecule has 1 aromatic rings. The number of hydrogen-bond acceptors (Lipinski definition) is 1. The van der Waals surface area contributed by atoms with Crippen LogP contribution in [0.2, 0.25) is 0 Å². The standard InChI is InChI=1S/C12H15F2N/c1-3-9(8-15-2)6-10-4-5-11(13)7-12(10)14/h4-7,15H,3,8H2,1-2H3. The van der Waals surface area contributed by atoms with E-state index >= 15 is 0 Å². The minimum Gasteiger partial charge on any atom is -0.316 e. The first-order valence-electron chi connectivity index (χ1n) is 4.96. The van der Waals surface area contributed by atoms with E-state index in [9.17, 15) is 8.78 Å². The highest BCUT2D eigenvalue weighted by atomic mass is 19.1. The van der Waals surface area contributed by atoms with Crippen molar-refractivity contribution in [1.82, 2.24) is 5.32 Å². The van der Waals surface area contributed by atoms with Gasteiger partial charge in [-0.2, -0.15) is 0 Å². The second kappa shape index (κ2) is 5.61. The summed E-state index contributed by atoms with van der Waals surface area (Å²) >= 11 is 0. The van der Waals surface area contributed by atoms with Gasteiger partial charge in [-0.05, 0) is 25.6 Å². The largest absolute Gasteiger partial charge is 0.316 e. The van der Waals surface area contributed by atoms with Crippen LogP contribution >= 0.6 is 0 Å². The smallest absolute Gasteiger partial charge is 0.133 e. The van der Waals surface area contributed by atoms with Gasteiger partial charge in [-0.1, -0.05) is 18.6 Å². The van der Waals surface area contributed by atoms with Crippen LogP contribution in [-0.2, 0) is 0 Å². The molecule has 0 spiro atoms. The normalized spacial score (nSPS) is 11.9. The van der Waals surface area contributed by atoms with Gasteiger partial charge in [-0.3, -0.25) is 0 Å². The lowest BCUT2D eigenvalue weighted by Gasteiger charge is -2.04. The van der Waals surface area contributed by atoms with Crippen LogP contribution in [0.5, 0.6) is 0 Å². The molecule has 0 atom stereocenters. The molecule has 1 aromatic carbocycles. The SMILES string of the molecule is CCC(=Cc1ccc(F)cc1F)CNC. The van der Waals surface area contributed by atoms with Crippen molar-refractivity contribution in [3.05, 3.63) is 41.0 Å². The van der Waals surface area contributed by atoms with E-state index in [2.05, 4.69) is 5.32 Å². The average molecular weight is 211 g/mol. The Hall–Kier alpha value is -1.22. The van der Waals surface area contributed by atoms with E-state index in [1.165, 1.54) is 12.1 Å². The minimum absolute atomic E-state index is 0.434. The topological polar surface area (TPSA) is 12.0 Å². The third-order valence-electron chi connectivity index (χ3n) is 2.18. The van der Waals surface area contributed by atoms with E-state index in [0.29, 0.717) is 12.1 Å². The Morgan fingerprint density at radius 1 is 1.40 bits per heavy atom. The summed E-state index contributed by atoms with van der Waals surface area (Å²) in [7, 11) is 1.84. The van der Waals surface area contributed by atoms with E-state index < -0.39 is 11.6 Å². The zero-order valence-corrected chi connectivity index (χ0v) is 8.98. The van der Waals surface area contributed by atoms with Crippen LogP contribution in [-0.4, -0.2) is 13.6 Å². The molecule has 1 nitrogen and oxygen atoms in total. The number of halogens is 2. The lowest BCUT2D eigenvalue weighted by atomic mass is 10.1. The number of nitrogens with one attached hydrogen (secondary N) is 1. The summed E-state index contributed by atoms with van der Waals surface area (Å²) in [4.78, 5) is 0. The van der Waals surface area contributed by atoms with Gasteiger partial charge in [0.15, 0.2) is 0 Å². The molecule has 0 amide bonds. The minimum atomic E-state index is -0.545. The molecule has 0 aliphatic rings. The molecule has 0 bridgehead atoms. The van der Waals surface area contributed by atoms with Crippen molar-refractivity contribution in [1.29, 1.82) is 0 Å². The summed E-state index contributed by atoms with van der Waals surface area (Å²) in [6.45, 7) is 2.72. The molecule has 0 aliphatic heterocycles. The Labute approximate surface area is 88.8 Å². The molecule has 0 fully saturated rings. The number of hydrogen-bond donors (Lipinski definition) is 1. The third-order valence-corrected chi connectivity index (χ3v) is 2.18. The summed E-state index contributed by atoms with van der Waals surface area (Å²) in [5.41, 5.74) is 1.52. The molecule has 15 heavy (non-hydrogen) atoms. The van der Waals surface area contributed by atoms with Crippen LogP contribution in [0.25, 0.3) is 6.08 Å². The summed E-state index contributed by atoms with van der Waals surface area (Å²) in [6, 6.07) is 3.62. The van der Waals surface area contributed by atoms with Crippen molar-refractivity contribution >= 4 is 6.08 Å². The third kappa shape index (κ3) is 3.44. The van der Waals surface area contributed by atoms with Gasteiger partial charge in [-0.15, -0.1) is 0 Å². The van der Waals surface area contributed by atoms with Crippen molar-refractivity contribution in [2.24, 2.45) is 0 Å². The highest BCUT2D eigenvalue weighted by molar-refractivity contribution is 5.53. The Bertz CT molecular complexity index is 359. The highest BCUT2D eigenvalue weighted by Crippen LogP contribution is 2.14. The molecule has 0 unspecified atom stereocenters. The molecule has 1 rings (SSSR count). The molecular formula is C12H15F2N. The van der Waals surface area contributed by atoms with Crippen LogP contribution in [0.1, 0.15) is 18.9 Å². The molecule has 0 saturated carbocycles. The maximum Gasteiger partial charge on any atom is 0.133 e. The van der Waals surface area contributed by atoms with Crippen molar-refractivity contribution < 1.29 is 8.78 Å². The van der Waals surface area contributed by atoms with Gasteiger partial charge in [0.05, 0.1) is 0 Å². The second-order valence-corrected chi connectivity index (χ2v) is 3.35. The Morgan fingerprint density at radius 3 is 2.67 bits per heavy atom. The first-order valence-corrected chi connectivity index (χ1v) is 4.96. The molecule has 0 aromatic heterocycles. The molecular weight excluding hydrogens is 196 g/mol. The van der Waals surface area contributed by atoms with E-state index in [0.717, 1.165) is 18.1 Å². The van der Waals surface area contributed by atoms with Crippen LogP contribution in [0.3, 0.4) is 0 Å². The van der Waals surface area contributed by atoms with Crippen LogP contribution in [0, 0.1) is 11.6 Å². The fourth-order valence-electron chi connectivity index (χ4n) is 1.34. The van der Waals surface area contributed by atoms with Gasteiger partial charge in [0.1, 0.15) is 11.6 Å².